The van der Waals surface area contributed by atoms with Crippen LogP contribution in [-0.4, -0.2) is 11.0 Å². The average Bonchev–Trinajstić information content (AvgIpc) is 2.79. The van der Waals surface area contributed by atoms with E-state index in [2.05, 4.69) is 32.7 Å². The minimum atomic E-state index is 0.289. The van der Waals surface area contributed by atoms with Gasteiger partial charge in [-0.2, -0.15) is 0 Å². The Balaban J connectivity index is 1.70. The number of nitrogens with one attached hydrogen (secondary N) is 1. The van der Waals surface area contributed by atoms with Crippen LogP contribution in [0, 0.1) is 0 Å². The predicted molar refractivity (Wildman–Crippen MR) is 84.2 cm³/mol. The highest BCUT2D eigenvalue weighted by Crippen LogP contribution is 2.39. The summed E-state index contributed by atoms with van der Waals surface area (Å²) in [6.45, 7) is 0. The molecule has 1 fully saturated rings. The fourth-order valence-corrected chi connectivity index (χ4v) is 5.55. The minimum Gasteiger partial charge on any atom is -0.301 e. The van der Waals surface area contributed by atoms with Gasteiger partial charge in [0.1, 0.15) is 5.01 Å². The first-order valence-electron chi connectivity index (χ1n) is 6.78. The molecule has 5 heteroatoms. The van der Waals surface area contributed by atoms with Gasteiger partial charge in [-0.3, -0.25) is 0 Å². The van der Waals surface area contributed by atoms with Gasteiger partial charge >= 0.3 is 0 Å². The number of rotatable bonds is 4. The number of fused-ring (bicyclic) bond motifs is 1. The van der Waals surface area contributed by atoms with E-state index in [1.165, 1.54) is 57.0 Å². The van der Waals surface area contributed by atoms with Crippen molar-refractivity contribution in [2.24, 2.45) is 0 Å². The molecule has 1 unspecified atom stereocenters. The van der Waals surface area contributed by atoms with Gasteiger partial charge in [-0.1, -0.05) is 0 Å². The van der Waals surface area contributed by atoms with E-state index in [1.54, 1.807) is 0 Å². The van der Waals surface area contributed by atoms with E-state index in [1.807, 2.05) is 22.7 Å². The number of thiazole rings is 1. The zero-order valence-electron chi connectivity index (χ0n) is 10.5. The molecule has 100 valence electrons. The molecular formula is C14H15BrN2S2. The Morgan fingerprint density at radius 3 is 2.95 bits per heavy atom. The minimum absolute atomic E-state index is 0.289. The summed E-state index contributed by atoms with van der Waals surface area (Å²) in [5, 5.41) is 7.19. The lowest BCUT2D eigenvalue weighted by atomic mass is 10.2. The van der Waals surface area contributed by atoms with Crippen molar-refractivity contribution in [2.45, 2.75) is 44.2 Å². The van der Waals surface area contributed by atoms with Gasteiger partial charge in [0.25, 0.3) is 0 Å². The second-order valence-corrected chi connectivity index (χ2v) is 8.20. The second kappa shape index (κ2) is 4.95. The SMILES string of the molecule is Brc1ccsc1C(NC1CC1)c1nc2c(s1)CCC2. The van der Waals surface area contributed by atoms with Gasteiger partial charge in [0.2, 0.25) is 0 Å². The zero-order valence-corrected chi connectivity index (χ0v) is 13.7. The summed E-state index contributed by atoms with van der Waals surface area (Å²) in [7, 11) is 0. The molecule has 0 amide bonds. The third kappa shape index (κ3) is 2.42. The Labute approximate surface area is 129 Å². The maximum atomic E-state index is 4.91. The first-order chi connectivity index (χ1) is 9.31. The Morgan fingerprint density at radius 2 is 2.26 bits per heavy atom. The predicted octanol–water partition coefficient (Wildman–Crippen LogP) is 4.30. The summed E-state index contributed by atoms with van der Waals surface area (Å²) in [4.78, 5) is 7.80. The maximum Gasteiger partial charge on any atom is 0.116 e. The van der Waals surface area contributed by atoms with Crippen LogP contribution in [0.1, 0.15) is 45.8 Å². The molecule has 2 aromatic heterocycles. The largest absolute Gasteiger partial charge is 0.301 e. The third-order valence-electron chi connectivity index (χ3n) is 3.75. The van der Waals surface area contributed by atoms with Crippen LogP contribution in [-0.2, 0) is 12.8 Å². The van der Waals surface area contributed by atoms with Crippen LogP contribution in [0.25, 0.3) is 0 Å². The Hall–Kier alpha value is -0.230. The lowest BCUT2D eigenvalue weighted by Gasteiger charge is -2.15. The number of hydrogen-bond acceptors (Lipinski definition) is 4. The summed E-state index contributed by atoms with van der Waals surface area (Å²) < 4.78 is 1.21. The van der Waals surface area contributed by atoms with Crippen molar-refractivity contribution in [3.63, 3.8) is 0 Å². The topological polar surface area (TPSA) is 24.9 Å². The van der Waals surface area contributed by atoms with Gasteiger partial charge in [-0.05, 0) is 59.5 Å². The molecule has 2 nitrogen and oxygen atoms in total. The van der Waals surface area contributed by atoms with Gasteiger partial charge in [0.05, 0.1) is 11.7 Å². The molecule has 2 aromatic rings. The number of halogens is 1. The monoisotopic (exact) mass is 354 g/mol. The molecule has 2 aliphatic carbocycles. The lowest BCUT2D eigenvalue weighted by molar-refractivity contribution is 0.603. The number of aromatic nitrogens is 1. The smallest absolute Gasteiger partial charge is 0.116 e. The fraction of sp³-hybridized carbons (Fsp3) is 0.500. The van der Waals surface area contributed by atoms with Crippen molar-refractivity contribution >= 4 is 38.6 Å². The van der Waals surface area contributed by atoms with Crippen LogP contribution in [0.5, 0.6) is 0 Å². The van der Waals surface area contributed by atoms with Gasteiger partial charge in [0, 0.05) is 20.3 Å². The first kappa shape index (κ1) is 12.5. The molecule has 0 spiro atoms. The van der Waals surface area contributed by atoms with Crippen molar-refractivity contribution < 1.29 is 0 Å². The summed E-state index contributed by atoms with van der Waals surface area (Å²) in [6.07, 6.45) is 6.31. The maximum absolute atomic E-state index is 4.91. The van der Waals surface area contributed by atoms with Gasteiger partial charge in [-0.15, -0.1) is 22.7 Å². The lowest BCUT2D eigenvalue weighted by Crippen LogP contribution is -2.24. The first-order valence-corrected chi connectivity index (χ1v) is 9.27. The molecule has 1 saturated carbocycles. The zero-order chi connectivity index (χ0) is 12.8. The number of nitrogens with zero attached hydrogens (tertiary/aromatic N) is 1. The molecule has 0 aliphatic heterocycles. The second-order valence-electron chi connectivity index (χ2n) is 5.28. The molecule has 0 aromatic carbocycles. The van der Waals surface area contributed by atoms with Crippen molar-refractivity contribution in [3.05, 3.63) is 36.4 Å². The summed E-state index contributed by atoms with van der Waals surface area (Å²) in [5.41, 5.74) is 1.36. The Kier molecular flexibility index (Phi) is 3.26. The number of aryl methyl sites for hydroxylation is 2. The van der Waals surface area contributed by atoms with Gasteiger partial charge < -0.3 is 5.32 Å². The van der Waals surface area contributed by atoms with Gasteiger partial charge in [-0.25, -0.2) is 4.98 Å². The normalized spacial score (nSPS) is 19.6. The summed E-state index contributed by atoms with van der Waals surface area (Å²) in [5.74, 6) is 0. The van der Waals surface area contributed by atoms with Crippen LogP contribution in [0.2, 0.25) is 0 Å². The van der Waals surface area contributed by atoms with Gasteiger partial charge in [0.15, 0.2) is 0 Å². The van der Waals surface area contributed by atoms with E-state index in [-0.39, 0.29) is 6.04 Å². The van der Waals surface area contributed by atoms with E-state index < -0.39 is 0 Å². The molecular weight excluding hydrogens is 340 g/mol. The molecule has 19 heavy (non-hydrogen) atoms. The van der Waals surface area contributed by atoms with Crippen LogP contribution in [0.3, 0.4) is 0 Å². The molecule has 0 radical (unpaired) electrons. The molecule has 0 bridgehead atoms. The number of hydrogen-bond donors (Lipinski definition) is 1. The third-order valence-corrected chi connectivity index (χ3v) is 6.90. The van der Waals surface area contributed by atoms with Crippen molar-refractivity contribution in [3.8, 4) is 0 Å². The van der Waals surface area contributed by atoms with E-state index in [9.17, 15) is 0 Å². The van der Waals surface area contributed by atoms with E-state index >= 15 is 0 Å². The van der Waals surface area contributed by atoms with Crippen molar-refractivity contribution in [1.29, 1.82) is 0 Å². The molecule has 2 aliphatic rings. The Morgan fingerprint density at radius 1 is 1.37 bits per heavy atom. The standard InChI is InChI=1S/C14H15BrN2S2/c15-9-6-7-18-13(9)12(16-8-4-5-8)14-17-10-2-1-3-11(10)19-14/h6-8,12,16H,1-5H2. The molecule has 0 saturated heterocycles. The van der Waals surface area contributed by atoms with E-state index in [4.69, 9.17) is 4.98 Å². The number of thiophene rings is 1. The highest BCUT2D eigenvalue weighted by atomic mass is 79.9. The molecule has 2 heterocycles. The van der Waals surface area contributed by atoms with E-state index in [0.29, 0.717) is 6.04 Å². The van der Waals surface area contributed by atoms with Crippen LogP contribution in [0.4, 0.5) is 0 Å². The van der Waals surface area contributed by atoms with Crippen LogP contribution in [0.15, 0.2) is 15.9 Å². The molecule has 1 atom stereocenters. The highest BCUT2D eigenvalue weighted by Gasteiger charge is 2.31. The average molecular weight is 355 g/mol. The summed E-state index contributed by atoms with van der Waals surface area (Å²) >= 11 is 7.42. The summed E-state index contributed by atoms with van der Waals surface area (Å²) in [6, 6.07) is 3.12. The van der Waals surface area contributed by atoms with E-state index in [0.717, 1.165) is 0 Å². The quantitative estimate of drug-likeness (QED) is 0.885. The Bertz CT molecular complexity index is 579. The molecule has 4 rings (SSSR count). The van der Waals surface area contributed by atoms with Crippen molar-refractivity contribution in [1.82, 2.24) is 10.3 Å². The fourth-order valence-electron chi connectivity index (χ4n) is 2.59. The van der Waals surface area contributed by atoms with Crippen LogP contribution < -0.4 is 5.32 Å². The van der Waals surface area contributed by atoms with Crippen molar-refractivity contribution in [2.75, 3.05) is 0 Å². The molecule has 1 N–H and O–H groups in total. The van der Waals surface area contributed by atoms with Crippen LogP contribution >= 0.6 is 38.6 Å². The highest BCUT2D eigenvalue weighted by molar-refractivity contribution is 9.10.